The van der Waals surface area contributed by atoms with Gasteiger partial charge in [0, 0.05) is 49.5 Å². The number of benzene rings is 1. The van der Waals surface area contributed by atoms with Crippen LogP contribution in [0.5, 0.6) is 5.75 Å². The van der Waals surface area contributed by atoms with Gasteiger partial charge >= 0.3 is 0 Å². The summed E-state index contributed by atoms with van der Waals surface area (Å²) in [4.78, 5) is 7.41. The molecule has 5 rings (SSSR count). The van der Waals surface area contributed by atoms with E-state index >= 15 is 0 Å². The number of hydrogen-bond acceptors (Lipinski definition) is 5. The van der Waals surface area contributed by atoms with Gasteiger partial charge in [0.2, 0.25) is 0 Å². The van der Waals surface area contributed by atoms with Gasteiger partial charge in [0.15, 0.2) is 0 Å². The highest BCUT2D eigenvalue weighted by molar-refractivity contribution is 5.78. The smallest absolute Gasteiger partial charge is 0.118 e. The van der Waals surface area contributed by atoms with Crippen LogP contribution in [0.2, 0.25) is 0 Å². The zero-order valence-electron chi connectivity index (χ0n) is 17.2. The SMILES string of the molecule is COc1ccc(-c2ncn([C@@H]3C[C@H]4CO[C@H](C)CN4C3)c2-c2cnn(C)c2)cc1. The van der Waals surface area contributed by atoms with Crippen LogP contribution in [0, 0.1) is 0 Å². The summed E-state index contributed by atoms with van der Waals surface area (Å²) in [6.07, 6.45) is 7.37. The molecule has 0 spiro atoms. The zero-order chi connectivity index (χ0) is 20.0. The Labute approximate surface area is 170 Å². The summed E-state index contributed by atoms with van der Waals surface area (Å²) in [7, 11) is 3.63. The fourth-order valence-electron chi connectivity index (χ4n) is 4.64. The average Bonchev–Trinajstić information content (AvgIpc) is 3.44. The van der Waals surface area contributed by atoms with E-state index in [2.05, 4.69) is 39.8 Å². The van der Waals surface area contributed by atoms with E-state index in [1.165, 1.54) is 0 Å². The predicted molar refractivity (Wildman–Crippen MR) is 111 cm³/mol. The van der Waals surface area contributed by atoms with Gasteiger partial charge in [0.1, 0.15) is 5.75 Å². The molecule has 2 saturated heterocycles. The molecule has 0 amide bonds. The number of ether oxygens (including phenoxy) is 2. The Kier molecular flexibility index (Phi) is 4.64. The number of nitrogens with zero attached hydrogens (tertiary/aromatic N) is 5. The van der Waals surface area contributed by atoms with Crippen molar-refractivity contribution in [2.24, 2.45) is 7.05 Å². The Balaban J connectivity index is 1.54. The highest BCUT2D eigenvalue weighted by Crippen LogP contribution is 2.38. The molecule has 2 fully saturated rings. The van der Waals surface area contributed by atoms with Crippen molar-refractivity contribution in [3.63, 3.8) is 0 Å². The predicted octanol–water partition coefficient (Wildman–Crippen LogP) is 2.99. The minimum absolute atomic E-state index is 0.306. The van der Waals surface area contributed by atoms with Gasteiger partial charge in [-0.25, -0.2) is 4.98 Å². The number of aryl methyl sites for hydroxylation is 1. The Bertz CT molecular complexity index is 993. The lowest BCUT2D eigenvalue weighted by Crippen LogP contribution is -2.44. The van der Waals surface area contributed by atoms with E-state index < -0.39 is 0 Å². The quantitative estimate of drug-likeness (QED) is 0.682. The molecule has 1 aromatic carbocycles. The Morgan fingerprint density at radius 1 is 1.10 bits per heavy atom. The van der Waals surface area contributed by atoms with Crippen LogP contribution in [0.15, 0.2) is 43.0 Å². The van der Waals surface area contributed by atoms with Gasteiger partial charge in [0.05, 0.1) is 43.7 Å². The van der Waals surface area contributed by atoms with Gasteiger partial charge < -0.3 is 14.0 Å². The second-order valence-electron chi connectivity index (χ2n) is 8.12. The standard InChI is InChI=1S/C22H27N5O2/c1-15-10-26-12-18(8-19(26)13-29-15)27-14-23-21(16-4-6-20(28-3)7-5-16)22(27)17-9-24-25(2)11-17/h4-7,9,11,14-15,18-19H,8,10,12-13H2,1-3H3/t15-,18-,19+/m1/s1. The zero-order valence-corrected chi connectivity index (χ0v) is 17.2. The number of imidazole rings is 1. The highest BCUT2D eigenvalue weighted by atomic mass is 16.5. The lowest BCUT2D eigenvalue weighted by Gasteiger charge is -2.33. The van der Waals surface area contributed by atoms with Crippen molar-refractivity contribution in [2.45, 2.75) is 31.5 Å². The van der Waals surface area contributed by atoms with E-state index in [9.17, 15) is 0 Å². The third kappa shape index (κ3) is 3.34. The molecule has 29 heavy (non-hydrogen) atoms. The summed E-state index contributed by atoms with van der Waals surface area (Å²) in [5.41, 5.74) is 4.28. The first-order valence-corrected chi connectivity index (χ1v) is 10.2. The van der Waals surface area contributed by atoms with Gasteiger partial charge in [-0.1, -0.05) is 0 Å². The molecule has 2 aliphatic heterocycles. The molecule has 2 aromatic heterocycles. The Hall–Kier alpha value is -2.64. The number of rotatable bonds is 4. The van der Waals surface area contributed by atoms with Crippen molar-refractivity contribution in [3.05, 3.63) is 43.0 Å². The molecule has 0 saturated carbocycles. The summed E-state index contributed by atoms with van der Waals surface area (Å²) < 4.78 is 15.4. The molecule has 0 bridgehead atoms. The lowest BCUT2D eigenvalue weighted by molar-refractivity contribution is -0.0390. The second kappa shape index (κ2) is 7.31. The van der Waals surface area contributed by atoms with E-state index in [-0.39, 0.29) is 0 Å². The molecule has 7 nitrogen and oxygen atoms in total. The third-order valence-electron chi connectivity index (χ3n) is 6.10. The molecule has 7 heteroatoms. The van der Waals surface area contributed by atoms with Gasteiger partial charge in [-0.05, 0) is 37.6 Å². The molecule has 4 heterocycles. The molecule has 0 aliphatic carbocycles. The van der Waals surface area contributed by atoms with Crippen molar-refractivity contribution in [1.29, 1.82) is 0 Å². The first-order valence-electron chi connectivity index (χ1n) is 10.2. The van der Waals surface area contributed by atoms with Crippen LogP contribution in [0.3, 0.4) is 0 Å². The monoisotopic (exact) mass is 393 g/mol. The van der Waals surface area contributed by atoms with Crippen LogP contribution >= 0.6 is 0 Å². The highest BCUT2D eigenvalue weighted by Gasteiger charge is 2.38. The van der Waals surface area contributed by atoms with Gasteiger partial charge in [0.25, 0.3) is 0 Å². The maximum Gasteiger partial charge on any atom is 0.118 e. The molecule has 3 aromatic rings. The van der Waals surface area contributed by atoms with Crippen LogP contribution in [0.4, 0.5) is 0 Å². The topological polar surface area (TPSA) is 57.3 Å². The summed E-state index contributed by atoms with van der Waals surface area (Å²) in [5, 5.41) is 4.41. The molecular weight excluding hydrogens is 366 g/mol. The molecule has 0 N–H and O–H groups in total. The molecule has 0 unspecified atom stereocenters. The fraction of sp³-hybridized carbons (Fsp3) is 0.455. The maximum atomic E-state index is 5.90. The van der Waals surface area contributed by atoms with E-state index in [4.69, 9.17) is 14.5 Å². The number of morpholine rings is 1. The van der Waals surface area contributed by atoms with Crippen molar-refractivity contribution < 1.29 is 9.47 Å². The van der Waals surface area contributed by atoms with Gasteiger partial charge in [-0.2, -0.15) is 5.10 Å². The van der Waals surface area contributed by atoms with Crippen molar-refractivity contribution >= 4 is 0 Å². The van der Waals surface area contributed by atoms with Crippen molar-refractivity contribution in [2.75, 3.05) is 26.8 Å². The Morgan fingerprint density at radius 3 is 2.66 bits per heavy atom. The Morgan fingerprint density at radius 2 is 1.93 bits per heavy atom. The van der Waals surface area contributed by atoms with Gasteiger partial charge in [-0.15, -0.1) is 0 Å². The van der Waals surface area contributed by atoms with Crippen LogP contribution in [0.1, 0.15) is 19.4 Å². The summed E-state index contributed by atoms with van der Waals surface area (Å²) in [6.45, 7) is 5.01. The summed E-state index contributed by atoms with van der Waals surface area (Å²) in [6, 6.07) is 8.97. The van der Waals surface area contributed by atoms with Crippen molar-refractivity contribution in [3.8, 4) is 28.3 Å². The molecular formula is C22H27N5O2. The van der Waals surface area contributed by atoms with Crippen LogP contribution in [-0.2, 0) is 11.8 Å². The largest absolute Gasteiger partial charge is 0.497 e. The second-order valence-corrected chi connectivity index (χ2v) is 8.12. The molecule has 2 aliphatic rings. The van der Waals surface area contributed by atoms with Crippen molar-refractivity contribution in [1.82, 2.24) is 24.2 Å². The first kappa shape index (κ1) is 18.4. The minimum atomic E-state index is 0.306. The minimum Gasteiger partial charge on any atom is -0.497 e. The summed E-state index contributed by atoms with van der Waals surface area (Å²) >= 11 is 0. The molecule has 0 radical (unpaired) electrons. The number of methoxy groups -OCH3 is 1. The first-order chi connectivity index (χ1) is 14.1. The molecule has 3 atom stereocenters. The normalized spacial score (nSPS) is 24.6. The number of fused-ring (bicyclic) bond motifs is 1. The van der Waals surface area contributed by atoms with E-state index in [0.29, 0.717) is 18.2 Å². The number of aromatic nitrogens is 4. The van der Waals surface area contributed by atoms with Crippen LogP contribution in [-0.4, -0.2) is 63.2 Å². The molecule has 152 valence electrons. The van der Waals surface area contributed by atoms with Gasteiger partial charge in [-0.3, -0.25) is 9.58 Å². The fourth-order valence-corrected chi connectivity index (χ4v) is 4.64. The average molecular weight is 393 g/mol. The maximum absolute atomic E-state index is 5.90. The summed E-state index contributed by atoms with van der Waals surface area (Å²) in [5.74, 6) is 0.845. The lowest BCUT2D eigenvalue weighted by atomic mass is 10.1. The number of hydrogen-bond donors (Lipinski definition) is 0. The third-order valence-corrected chi connectivity index (χ3v) is 6.10. The van der Waals surface area contributed by atoms with E-state index in [0.717, 1.165) is 54.4 Å². The van der Waals surface area contributed by atoms with E-state index in [1.54, 1.807) is 7.11 Å². The van der Waals surface area contributed by atoms with Crippen LogP contribution in [0.25, 0.3) is 22.5 Å². The van der Waals surface area contributed by atoms with E-state index in [1.807, 2.05) is 36.4 Å². The van der Waals surface area contributed by atoms with Crippen LogP contribution < -0.4 is 4.74 Å².